The first-order valence-electron chi connectivity index (χ1n) is 8.60. The Hall–Kier alpha value is -3.35. The van der Waals surface area contributed by atoms with Crippen molar-refractivity contribution in [3.05, 3.63) is 71.4 Å². The monoisotopic (exact) mass is 367 g/mol. The van der Waals surface area contributed by atoms with Crippen molar-refractivity contribution in [2.45, 2.75) is 33.4 Å². The molecule has 7 heteroatoms. The number of furan rings is 1. The molecule has 1 unspecified atom stereocenters. The summed E-state index contributed by atoms with van der Waals surface area (Å²) in [5.41, 5.74) is 2.42. The molecule has 0 aliphatic carbocycles. The summed E-state index contributed by atoms with van der Waals surface area (Å²) < 4.78 is 12.2. The van der Waals surface area contributed by atoms with Gasteiger partial charge in [0.2, 0.25) is 0 Å². The molecule has 3 rings (SSSR count). The van der Waals surface area contributed by atoms with Gasteiger partial charge in [-0.25, -0.2) is 9.48 Å². The zero-order valence-electron chi connectivity index (χ0n) is 15.4. The van der Waals surface area contributed by atoms with E-state index in [1.165, 1.54) is 13.2 Å². The number of hydrogen-bond donors (Lipinski definition) is 1. The molecule has 0 aliphatic rings. The van der Waals surface area contributed by atoms with E-state index in [4.69, 9.17) is 9.15 Å². The van der Waals surface area contributed by atoms with E-state index in [1.54, 1.807) is 30.7 Å². The molecule has 0 bridgehead atoms. The smallest absolute Gasteiger partial charge is 0.342 e. The van der Waals surface area contributed by atoms with E-state index in [0.717, 1.165) is 5.69 Å². The average molecular weight is 367 g/mol. The second-order valence-electron chi connectivity index (χ2n) is 6.14. The van der Waals surface area contributed by atoms with E-state index in [1.807, 2.05) is 30.3 Å². The van der Waals surface area contributed by atoms with Gasteiger partial charge in [0.15, 0.2) is 6.10 Å². The number of carbonyl (C=O) groups is 2. The van der Waals surface area contributed by atoms with E-state index in [-0.39, 0.29) is 6.54 Å². The fourth-order valence-corrected chi connectivity index (χ4v) is 2.76. The quantitative estimate of drug-likeness (QED) is 0.677. The molecule has 0 aliphatic heterocycles. The minimum atomic E-state index is -0.939. The Morgan fingerprint density at radius 1 is 1.19 bits per heavy atom. The van der Waals surface area contributed by atoms with Crippen LogP contribution < -0.4 is 5.32 Å². The first-order valence-corrected chi connectivity index (χ1v) is 8.60. The van der Waals surface area contributed by atoms with Gasteiger partial charge in [0, 0.05) is 0 Å². The van der Waals surface area contributed by atoms with Crippen molar-refractivity contribution in [3.8, 4) is 5.69 Å². The van der Waals surface area contributed by atoms with Crippen molar-refractivity contribution < 1.29 is 18.7 Å². The second-order valence-corrected chi connectivity index (χ2v) is 6.14. The molecule has 7 nitrogen and oxygen atoms in total. The van der Waals surface area contributed by atoms with Crippen LogP contribution in [0.5, 0.6) is 0 Å². The van der Waals surface area contributed by atoms with Crippen LogP contribution in [-0.2, 0) is 16.1 Å². The Morgan fingerprint density at radius 2 is 1.93 bits per heavy atom. The van der Waals surface area contributed by atoms with Gasteiger partial charge in [-0.05, 0) is 45.0 Å². The van der Waals surface area contributed by atoms with Crippen LogP contribution in [0.3, 0.4) is 0 Å². The van der Waals surface area contributed by atoms with Crippen LogP contribution in [0.15, 0.2) is 53.1 Å². The van der Waals surface area contributed by atoms with Gasteiger partial charge in [-0.3, -0.25) is 4.79 Å². The van der Waals surface area contributed by atoms with E-state index >= 15 is 0 Å². The lowest BCUT2D eigenvalue weighted by Gasteiger charge is -2.13. The van der Waals surface area contributed by atoms with Crippen LogP contribution in [0.2, 0.25) is 0 Å². The zero-order valence-corrected chi connectivity index (χ0v) is 15.4. The number of nitrogens with zero attached hydrogens (tertiary/aromatic N) is 2. The van der Waals surface area contributed by atoms with Crippen LogP contribution >= 0.6 is 0 Å². The van der Waals surface area contributed by atoms with Crippen molar-refractivity contribution in [2.24, 2.45) is 0 Å². The van der Waals surface area contributed by atoms with Crippen molar-refractivity contribution >= 4 is 11.9 Å². The molecule has 1 amide bonds. The lowest BCUT2D eigenvalue weighted by atomic mass is 10.2. The van der Waals surface area contributed by atoms with Gasteiger partial charge in [-0.15, -0.1) is 0 Å². The third-order valence-corrected chi connectivity index (χ3v) is 4.17. The van der Waals surface area contributed by atoms with E-state index in [0.29, 0.717) is 22.7 Å². The lowest BCUT2D eigenvalue weighted by molar-refractivity contribution is -0.129. The molecule has 1 atom stereocenters. The molecule has 1 aromatic carbocycles. The number of para-hydroxylation sites is 1. The third-order valence-electron chi connectivity index (χ3n) is 4.17. The van der Waals surface area contributed by atoms with Gasteiger partial charge >= 0.3 is 5.97 Å². The summed E-state index contributed by atoms with van der Waals surface area (Å²) >= 11 is 0. The maximum atomic E-state index is 12.6. The zero-order chi connectivity index (χ0) is 19.4. The van der Waals surface area contributed by atoms with Gasteiger partial charge < -0.3 is 14.5 Å². The number of amides is 1. The van der Waals surface area contributed by atoms with Crippen molar-refractivity contribution in [2.75, 3.05) is 0 Å². The highest BCUT2D eigenvalue weighted by Crippen LogP contribution is 2.19. The fraction of sp³-hybridized carbons (Fsp3) is 0.250. The molecule has 0 spiro atoms. The van der Waals surface area contributed by atoms with Crippen LogP contribution in [0.1, 0.15) is 34.4 Å². The number of nitrogens with one attached hydrogen (secondary N) is 1. The molecule has 0 fully saturated rings. The normalized spacial score (nSPS) is 11.8. The largest absolute Gasteiger partial charge is 0.467 e. The molecular weight excluding hydrogens is 346 g/mol. The summed E-state index contributed by atoms with van der Waals surface area (Å²) in [4.78, 5) is 24.8. The average Bonchev–Trinajstić information content (AvgIpc) is 3.28. The summed E-state index contributed by atoms with van der Waals surface area (Å²) in [6.07, 6.45) is 0.590. The highest BCUT2D eigenvalue weighted by molar-refractivity contribution is 5.94. The number of rotatable bonds is 6. The Morgan fingerprint density at radius 3 is 2.59 bits per heavy atom. The number of esters is 1. The summed E-state index contributed by atoms with van der Waals surface area (Å²) in [7, 11) is 0. The highest BCUT2D eigenvalue weighted by Gasteiger charge is 2.25. The van der Waals surface area contributed by atoms with Crippen molar-refractivity contribution in [1.29, 1.82) is 0 Å². The van der Waals surface area contributed by atoms with E-state index in [9.17, 15) is 9.59 Å². The Balaban J connectivity index is 1.68. The van der Waals surface area contributed by atoms with Crippen molar-refractivity contribution in [3.63, 3.8) is 0 Å². The number of aromatic nitrogens is 2. The third kappa shape index (κ3) is 4.08. The topological polar surface area (TPSA) is 86.4 Å². The number of carbonyl (C=O) groups excluding carboxylic acids is 2. The second kappa shape index (κ2) is 7.90. The van der Waals surface area contributed by atoms with Crippen molar-refractivity contribution in [1.82, 2.24) is 15.1 Å². The summed E-state index contributed by atoms with van der Waals surface area (Å²) in [5, 5.41) is 7.10. The number of ether oxygens (including phenoxy) is 1. The van der Waals surface area contributed by atoms with Gasteiger partial charge in [0.05, 0.1) is 29.9 Å². The van der Waals surface area contributed by atoms with Crippen LogP contribution in [-0.4, -0.2) is 27.8 Å². The molecular formula is C20H21N3O4. The van der Waals surface area contributed by atoms with Gasteiger partial charge in [0.25, 0.3) is 5.91 Å². The highest BCUT2D eigenvalue weighted by atomic mass is 16.5. The van der Waals surface area contributed by atoms with Gasteiger partial charge in [0.1, 0.15) is 11.3 Å². The Bertz CT molecular complexity index is 930. The molecule has 0 saturated carbocycles. The lowest BCUT2D eigenvalue weighted by Crippen LogP contribution is -2.35. The SMILES string of the molecule is Cc1nn(-c2ccccc2)c(C)c1C(=O)OC(C)C(=O)NCc1ccco1. The van der Waals surface area contributed by atoms with Gasteiger partial charge in [-0.2, -0.15) is 5.10 Å². The van der Waals surface area contributed by atoms with Crippen LogP contribution in [0.25, 0.3) is 5.69 Å². The maximum absolute atomic E-state index is 12.6. The molecule has 27 heavy (non-hydrogen) atoms. The van der Waals surface area contributed by atoms with Crippen LogP contribution in [0, 0.1) is 13.8 Å². The summed E-state index contributed by atoms with van der Waals surface area (Å²) in [6.45, 7) is 5.30. The first-order chi connectivity index (χ1) is 13.0. The first kappa shape index (κ1) is 18.4. The summed E-state index contributed by atoms with van der Waals surface area (Å²) in [6, 6.07) is 13.0. The number of hydrogen-bond acceptors (Lipinski definition) is 5. The minimum absolute atomic E-state index is 0.234. The maximum Gasteiger partial charge on any atom is 0.342 e. The predicted molar refractivity (Wildman–Crippen MR) is 98.5 cm³/mol. The summed E-state index contributed by atoms with van der Waals surface area (Å²) in [5.74, 6) is -0.351. The molecule has 1 N–H and O–H groups in total. The van der Waals surface area contributed by atoms with E-state index in [2.05, 4.69) is 10.4 Å². The molecule has 0 saturated heterocycles. The van der Waals surface area contributed by atoms with Gasteiger partial charge in [-0.1, -0.05) is 18.2 Å². The predicted octanol–water partition coefficient (Wildman–Crippen LogP) is 2.94. The Labute approximate surface area is 156 Å². The molecule has 140 valence electrons. The molecule has 3 aromatic rings. The molecule has 2 heterocycles. The number of aryl methyl sites for hydroxylation is 1. The molecule has 2 aromatic heterocycles. The molecule has 0 radical (unpaired) electrons. The Kier molecular flexibility index (Phi) is 5.40. The van der Waals surface area contributed by atoms with E-state index < -0.39 is 18.0 Å². The van der Waals surface area contributed by atoms with Crippen LogP contribution in [0.4, 0.5) is 0 Å². The fourth-order valence-electron chi connectivity index (χ4n) is 2.76. The minimum Gasteiger partial charge on any atom is -0.467 e. The number of benzene rings is 1. The standard InChI is InChI=1S/C20H21N3O4/c1-13-18(14(2)23(22-13)16-8-5-4-6-9-16)20(25)27-15(3)19(24)21-12-17-10-7-11-26-17/h4-11,15H,12H2,1-3H3,(H,21,24).